The van der Waals surface area contributed by atoms with Crippen molar-refractivity contribution < 1.29 is 14.6 Å². The first-order valence-electron chi connectivity index (χ1n) is 5.40. The highest BCUT2D eigenvalue weighted by molar-refractivity contribution is 5.44. The maximum atomic E-state index is 9.88. The fourth-order valence-electron chi connectivity index (χ4n) is 1.65. The molecule has 0 aliphatic carbocycles. The van der Waals surface area contributed by atoms with E-state index in [2.05, 4.69) is 6.58 Å². The average molecular weight is 220 g/mol. The second-order valence-electron chi connectivity index (χ2n) is 4.05. The van der Waals surface area contributed by atoms with Crippen molar-refractivity contribution in [1.82, 2.24) is 0 Å². The van der Waals surface area contributed by atoms with E-state index in [1.165, 1.54) is 0 Å². The Labute approximate surface area is 95.3 Å². The molecule has 1 aliphatic heterocycles. The van der Waals surface area contributed by atoms with Gasteiger partial charge in [-0.3, -0.25) is 0 Å². The smallest absolute Gasteiger partial charge is 0.231 e. The molecular weight excluding hydrogens is 204 g/mol. The van der Waals surface area contributed by atoms with E-state index in [9.17, 15) is 5.11 Å². The number of fused-ring (bicyclic) bond motifs is 1. The lowest BCUT2D eigenvalue weighted by molar-refractivity contribution is 0.138. The third kappa shape index (κ3) is 2.19. The zero-order valence-corrected chi connectivity index (χ0v) is 9.35. The Morgan fingerprint density at radius 1 is 1.44 bits per heavy atom. The average Bonchev–Trinajstić information content (AvgIpc) is 2.75. The molecular formula is C13H16O3. The second kappa shape index (κ2) is 4.58. The van der Waals surface area contributed by atoms with Gasteiger partial charge in [-0.25, -0.2) is 0 Å². The first kappa shape index (κ1) is 11.0. The highest BCUT2D eigenvalue weighted by Gasteiger charge is 2.16. The summed E-state index contributed by atoms with van der Waals surface area (Å²) in [5, 5.41) is 9.88. The quantitative estimate of drug-likeness (QED) is 0.790. The Hall–Kier alpha value is -1.48. The predicted octanol–water partition coefficient (Wildman–Crippen LogP) is 2.14. The molecule has 86 valence electrons. The van der Waals surface area contributed by atoms with Crippen molar-refractivity contribution in [1.29, 1.82) is 0 Å². The molecule has 1 aromatic rings. The van der Waals surface area contributed by atoms with E-state index in [1.807, 2.05) is 25.1 Å². The van der Waals surface area contributed by atoms with Gasteiger partial charge in [0, 0.05) is 0 Å². The Morgan fingerprint density at radius 3 is 2.94 bits per heavy atom. The summed E-state index contributed by atoms with van der Waals surface area (Å²) in [4.78, 5) is 0. The molecule has 0 aromatic heterocycles. The Bertz CT molecular complexity index is 387. The SMILES string of the molecule is C=C[C@@H](C)[C@@H](O)Cc1ccc2c(c1)OCO2. The van der Waals surface area contributed by atoms with E-state index in [1.54, 1.807) is 6.08 Å². The molecule has 1 aliphatic rings. The first-order valence-corrected chi connectivity index (χ1v) is 5.40. The Morgan fingerprint density at radius 2 is 2.19 bits per heavy atom. The summed E-state index contributed by atoms with van der Waals surface area (Å²) in [6, 6.07) is 5.75. The van der Waals surface area contributed by atoms with Crippen molar-refractivity contribution in [2.24, 2.45) is 5.92 Å². The molecule has 1 N–H and O–H groups in total. The van der Waals surface area contributed by atoms with E-state index in [0.29, 0.717) is 6.42 Å². The van der Waals surface area contributed by atoms with Crippen LogP contribution in [0.1, 0.15) is 12.5 Å². The van der Waals surface area contributed by atoms with Crippen molar-refractivity contribution >= 4 is 0 Å². The molecule has 0 spiro atoms. The predicted molar refractivity (Wildman–Crippen MR) is 61.6 cm³/mol. The van der Waals surface area contributed by atoms with Gasteiger partial charge in [0.2, 0.25) is 6.79 Å². The molecule has 0 radical (unpaired) electrons. The highest BCUT2D eigenvalue weighted by atomic mass is 16.7. The van der Waals surface area contributed by atoms with E-state index in [0.717, 1.165) is 17.1 Å². The van der Waals surface area contributed by atoms with Crippen LogP contribution in [0.5, 0.6) is 11.5 Å². The lowest BCUT2D eigenvalue weighted by Crippen LogP contribution is -2.18. The molecule has 1 aromatic carbocycles. The molecule has 3 heteroatoms. The summed E-state index contributed by atoms with van der Waals surface area (Å²) < 4.78 is 10.5. The minimum absolute atomic E-state index is 0.0884. The van der Waals surface area contributed by atoms with Crippen LogP contribution < -0.4 is 9.47 Å². The summed E-state index contributed by atoms with van der Waals surface area (Å²) in [5.74, 6) is 1.62. The van der Waals surface area contributed by atoms with E-state index in [-0.39, 0.29) is 12.7 Å². The summed E-state index contributed by atoms with van der Waals surface area (Å²) >= 11 is 0. The molecule has 1 heterocycles. The Balaban J connectivity index is 2.08. The molecule has 0 unspecified atom stereocenters. The van der Waals surface area contributed by atoms with Gasteiger partial charge in [0.15, 0.2) is 11.5 Å². The maximum absolute atomic E-state index is 9.88. The van der Waals surface area contributed by atoms with Crippen molar-refractivity contribution in [3.8, 4) is 11.5 Å². The molecule has 3 nitrogen and oxygen atoms in total. The topological polar surface area (TPSA) is 38.7 Å². The number of hydrogen-bond donors (Lipinski definition) is 1. The van der Waals surface area contributed by atoms with Crippen molar-refractivity contribution in [3.63, 3.8) is 0 Å². The number of aliphatic hydroxyl groups is 1. The Kier molecular flexibility index (Phi) is 3.15. The van der Waals surface area contributed by atoms with Gasteiger partial charge < -0.3 is 14.6 Å². The van der Waals surface area contributed by atoms with Crippen LogP contribution in [0.3, 0.4) is 0 Å². The molecule has 2 rings (SSSR count). The van der Waals surface area contributed by atoms with E-state index < -0.39 is 6.10 Å². The summed E-state index contributed by atoms with van der Waals surface area (Å²) in [5.41, 5.74) is 1.05. The molecule has 0 amide bonds. The maximum Gasteiger partial charge on any atom is 0.231 e. The van der Waals surface area contributed by atoms with E-state index in [4.69, 9.17) is 9.47 Å². The van der Waals surface area contributed by atoms with Crippen LogP contribution >= 0.6 is 0 Å². The molecule has 2 atom stereocenters. The minimum Gasteiger partial charge on any atom is -0.454 e. The van der Waals surface area contributed by atoms with Crippen molar-refractivity contribution in [2.45, 2.75) is 19.4 Å². The highest BCUT2D eigenvalue weighted by Crippen LogP contribution is 2.33. The number of benzene rings is 1. The van der Waals surface area contributed by atoms with Gasteiger partial charge in [-0.15, -0.1) is 6.58 Å². The number of rotatable bonds is 4. The zero-order chi connectivity index (χ0) is 11.5. The van der Waals surface area contributed by atoms with Crippen LogP contribution in [0.25, 0.3) is 0 Å². The van der Waals surface area contributed by atoms with Gasteiger partial charge in [-0.1, -0.05) is 19.1 Å². The third-order valence-corrected chi connectivity index (χ3v) is 2.86. The molecule has 0 saturated heterocycles. The lowest BCUT2D eigenvalue weighted by Gasteiger charge is -2.15. The molecule has 0 saturated carbocycles. The van der Waals surface area contributed by atoms with Crippen LogP contribution in [-0.4, -0.2) is 18.0 Å². The summed E-state index contributed by atoms with van der Waals surface area (Å²) in [7, 11) is 0. The van der Waals surface area contributed by atoms with Crippen LogP contribution in [0.15, 0.2) is 30.9 Å². The van der Waals surface area contributed by atoms with Gasteiger partial charge in [0.05, 0.1) is 6.10 Å². The monoisotopic (exact) mass is 220 g/mol. The largest absolute Gasteiger partial charge is 0.454 e. The van der Waals surface area contributed by atoms with Gasteiger partial charge in [0.1, 0.15) is 0 Å². The fraction of sp³-hybridized carbons (Fsp3) is 0.385. The zero-order valence-electron chi connectivity index (χ0n) is 9.35. The van der Waals surface area contributed by atoms with Crippen LogP contribution in [0.2, 0.25) is 0 Å². The minimum atomic E-state index is -0.405. The van der Waals surface area contributed by atoms with Crippen LogP contribution in [-0.2, 0) is 6.42 Å². The normalized spacial score (nSPS) is 16.9. The van der Waals surface area contributed by atoms with Crippen LogP contribution in [0.4, 0.5) is 0 Å². The van der Waals surface area contributed by atoms with Gasteiger partial charge in [-0.2, -0.15) is 0 Å². The number of ether oxygens (including phenoxy) is 2. The van der Waals surface area contributed by atoms with E-state index >= 15 is 0 Å². The van der Waals surface area contributed by atoms with Crippen LogP contribution in [0, 0.1) is 5.92 Å². The fourth-order valence-corrected chi connectivity index (χ4v) is 1.65. The van der Waals surface area contributed by atoms with Crippen molar-refractivity contribution in [3.05, 3.63) is 36.4 Å². The molecule has 0 bridgehead atoms. The summed E-state index contributed by atoms with van der Waals surface area (Å²) in [6.45, 7) is 5.91. The third-order valence-electron chi connectivity index (χ3n) is 2.86. The van der Waals surface area contributed by atoms with Gasteiger partial charge in [-0.05, 0) is 30.0 Å². The number of hydrogen-bond acceptors (Lipinski definition) is 3. The van der Waals surface area contributed by atoms with Gasteiger partial charge >= 0.3 is 0 Å². The van der Waals surface area contributed by atoms with Crippen molar-refractivity contribution in [2.75, 3.05) is 6.79 Å². The summed E-state index contributed by atoms with van der Waals surface area (Å²) in [6.07, 6.45) is 1.96. The number of aliphatic hydroxyl groups excluding tert-OH is 1. The molecule has 16 heavy (non-hydrogen) atoms. The lowest BCUT2D eigenvalue weighted by atomic mass is 9.98. The second-order valence-corrected chi connectivity index (χ2v) is 4.05. The first-order chi connectivity index (χ1) is 7.70. The van der Waals surface area contributed by atoms with Gasteiger partial charge in [0.25, 0.3) is 0 Å². The standard InChI is InChI=1S/C13H16O3/c1-3-9(2)11(14)6-10-4-5-12-13(7-10)16-8-15-12/h3-5,7,9,11,14H,1,6,8H2,2H3/t9-,11+/m1/s1. The molecule has 0 fully saturated rings.